The number of nitrogens with two attached hydrogens (primary N) is 2. The van der Waals surface area contributed by atoms with Crippen LogP contribution in [0.25, 0.3) is 0 Å². The molecule has 10 heteroatoms. The Bertz CT molecular complexity index is 659. The molecule has 174 valence electrons. The molecule has 0 aliphatic heterocycles. The van der Waals surface area contributed by atoms with Crippen LogP contribution in [0.15, 0.2) is 24.3 Å². The van der Waals surface area contributed by atoms with Gasteiger partial charge in [0.2, 0.25) is 17.7 Å². The van der Waals surface area contributed by atoms with Crippen LogP contribution in [0, 0.1) is 5.92 Å². The molecule has 31 heavy (non-hydrogen) atoms. The third kappa shape index (κ3) is 13.6. The molecule has 0 spiro atoms. The Morgan fingerprint density at radius 2 is 1.97 bits per heavy atom. The minimum atomic E-state index is -0.837. The van der Waals surface area contributed by atoms with Crippen molar-refractivity contribution in [2.24, 2.45) is 17.4 Å². The van der Waals surface area contributed by atoms with Gasteiger partial charge in [-0.25, -0.2) is 0 Å². The lowest BCUT2D eigenvalue weighted by atomic mass is 9.97. The lowest BCUT2D eigenvalue weighted by molar-refractivity contribution is -0.122. The van der Waals surface area contributed by atoms with Gasteiger partial charge in [-0.1, -0.05) is 53.3 Å². The molecule has 6 N–H and O–H groups in total. The average molecular weight is 564 g/mol. The van der Waals surface area contributed by atoms with Crippen molar-refractivity contribution in [1.29, 1.82) is 0 Å². The molecule has 0 saturated heterocycles. The molecule has 0 aromatic heterocycles. The maximum absolute atomic E-state index is 12.1. The van der Waals surface area contributed by atoms with E-state index in [1.165, 1.54) is 0 Å². The second-order valence-electron chi connectivity index (χ2n) is 7.46. The predicted molar refractivity (Wildman–Crippen MR) is 133 cm³/mol. The maximum Gasteiger partial charge on any atom is 0.235 e. The molecule has 0 saturated carbocycles. The van der Waals surface area contributed by atoms with E-state index in [1.807, 2.05) is 6.08 Å². The summed E-state index contributed by atoms with van der Waals surface area (Å²) in [5.74, 6) is -0.134. The van der Waals surface area contributed by atoms with Gasteiger partial charge in [0.05, 0.1) is 15.3 Å². The quantitative estimate of drug-likeness (QED) is 0.0737. The van der Waals surface area contributed by atoms with Gasteiger partial charge in [-0.05, 0) is 31.6 Å². The summed E-state index contributed by atoms with van der Waals surface area (Å²) in [5.41, 5.74) is 10.6. The van der Waals surface area contributed by atoms with Crippen molar-refractivity contribution < 1.29 is 19.2 Å². The second-order valence-corrected chi connectivity index (χ2v) is 10.2. The van der Waals surface area contributed by atoms with Crippen molar-refractivity contribution in [3.8, 4) is 0 Å². The number of nitrogens with one attached hydrogen (secondary N) is 2. The summed E-state index contributed by atoms with van der Waals surface area (Å²) >= 11 is 3.42. The highest BCUT2D eigenvalue weighted by atomic mass is 127. The normalized spacial score (nSPS) is 18.1. The maximum atomic E-state index is 12.1. The molecule has 4 atom stereocenters. The minimum absolute atomic E-state index is 0.0328. The molecule has 0 bridgehead atoms. The molecule has 0 radical (unpaired) electrons. The fraction of sp³-hybridized carbons (Fsp3) is 0.619. The first-order chi connectivity index (χ1) is 14.8. The molecule has 1 aliphatic rings. The SMILES string of the molecule is NC(=O)C(N)CSC(C=O)CC(=O)NCCCCCC(=O)NC(I)CC1C=CC=CC1. The van der Waals surface area contributed by atoms with Crippen LogP contribution in [0.3, 0.4) is 0 Å². The highest BCUT2D eigenvalue weighted by Crippen LogP contribution is 2.20. The molecule has 0 aromatic carbocycles. The van der Waals surface area contributed by atoms with Crippen LogP contribution in [0.1, 0.15) is 44.9 Å². The minimum Gasteiger partial charge on any atom is -0.368 e. The summed E-state index contributed by atoms with van der Waals surface area (Å²) in [5, 5.41) is 5.25. The number of rotatable bonds is 16. The van der Waals surface area contributed by atoms with E-state index in [9.17, 15) is 19.2 Å². The number of hydrogen-bond acceptors (Lipinski definition) is 6. The van der Waals surface area contributed by atoms with Gasteiger partial charge in [0.15, 0.2) is 0 Å². The van der Waals surface area contributed by atoms with Gasteiger partial charge in [0.25, 0.3) is 0 Å². The van der Waals surface area contributed by atoms with Crippen LogP contribution in [0.2, 0.25) is 0 Å². The number of allylic oxidation sites excluding steroid dienone is 4. The molecule has 1 rings (SSSR count). The van der Waals surface area contributed by atoms with Crippen LogP contribution in [-0.2, 0) is 19.2 Å². The van der Waals surface area contributed by atoms with Crippen molar-refractivity contribution in [2.75, 3.05) is 12.3 Å². The van der Waals surface area contributed by atoms with Crippen molar-refractivity contribution in [3.63, 3.8) is 0 Å². The predicted octanol–water partition coefficient (Wildman–Crippen LogP) is 1.57. The number of unbranched alkanes of at least 4 members (excludes halogenated alkanes) is 2. The van der Waals surface area contributed by atoms with Crippen LogP contribution in [0.4, 0.5) is 0 Å². The van der Waals surface area contributed by atoms with Crippen LogP contribution >= 0.6 is 34.4 Å². The van der Waals surface area contributed by atoms with Gasteiger partial charge in [0.1, 0.15) is 6.29 Å². The van der Waals surface area contributed by atoms with Crippen LogP contribution in [-0.4, -0.2) is 51.6 Å². The molecule has 0 fully saturated rings. The van der Waals surface area contributed by atoms with Gasteiger partial charge in [-0.15, -0.1) is 11.8 Å². The fourth-order valence-corrected chi connectivity index (χ4v) is 4.87. The molecule has 3 amide bonds. The van der Waals surface area contributed by atoms with Crippen molar-refractivity contribution >= 4 is 58.4 Å². The van der Waals surface area contributed by atoms with E-state index in [1.54, 1.807) is 0 Å². The Hall–Kier alpha value is -1.40. The van der Waals surface area contributed by atoms with Crippen LogP contribution < -0.4 is 22.1 Å². The smallest absolute Gasteiger partial charge is 0.235 e. The molecular formula is C21H33IN4O4S. The molecule has 0 heterocycles. The Labute approximate surface area is 201 Å². The molecule has 1 aliphatic carbocycles. The summed E-state index contributed by atoms with van der Waals surface area (Å²) in [6.07, 6.45) is 13.9. The first-order valence-corrected chi connectivity index (χ1v) is 12.8. The zero-order valence-corrected chi connectivity index (χ0v) is 20.6. The first-order valence-electron chi connectivity index (χ1n) is 10.5. The van der Waals surface area contributed by atoms with E-state index in [-0.39, 0.29) is 28.0 Å². The van der Waals surface area contributed by atoms with E-state index in [0.717, 1.165) is 43.9 Å². The van der Waals surface area contributed by atoms with E-state index < -0.39 is 17.2 Å². The third-order valence-electron chi connectivity index (χ3n) is 4.69. The van der Waals surface area contributed by atoms with Gasteiger partial charge >= 0.3 is 0 Å². The van der Waals surface area contributed by atoms with E-state index in [0.29, 0.717) is 25.2 Å². The number of thioether (sulfide) groups is 1. The monoisotopic (exact) mass is 564 g/mol. The van der Waals surface area contributed by atoms with E-state index in [2.05, 4.69) is 51.5 Å². The van der Waals surface area contributed by atoms with Gasteiger partial charge in [0, 0.05) is 25.1 Å². The summed E-state index contributed by atoms with van der Waals surface area (Å²) < 4.78 is 0.117. The molecule has 0 aromatic rings. The number of hydrogen-bond donors (Lipinski definition) is 4. The fourth-order valence-electron chi connectivity index (χ4n) is 2.90. The number of halogens is 1. The van der Waals surface area contributed by atoms with E-state index in [4.69, 9.17) is 11.5 Å². The summed E-state index contributed by atoms with van der Waals surface area (Å²) in [4.78, 5) is 46.0. The van der Waals surface area contributed by atoms with Gasteiger partial charge in [-0.2, -0.15) is 0 Å². The highest BCUT2D eigenvalue weighted by molar-refractivity contribution is 14.1. The Balaban J connectivity index is 2.07. The Morgan fingerprint density at radius 1 is 1.19 bits per heavy atom. The Morgan fingerprint density at radius 3 is 2.61 bits per heavy atom. The van der Waals surface area contributed by atoms with Crippen molar-refractivity contribution in [3.05, 3.63) is 24.3 Å². The number of carbonyl (C=O) groups is 4. The van der Waals surface area contributed by atoms with Crippen molar-refractivity contribution in [1.82, 2.24) is 10.6 Å². The molecular weight excluding hydrogens is 531 g/mol. The largest absolute Gasteiger partial charge is 0.368 e. The second kappa shape index (κ2) is 16.3. The summed E-state index contributed by atoms with van der Waals surface area (Å²) in [6.45, 7) is 0.494. The molecule has 8 nitrogen and oxygen atoms in total. The lowest BCUT2D eigenvalue weighted by Gasteiger charge is -2.18. The topological polar surface area (TPSA) is 144 Å². The number of aldehydes is 1. The zero-order chi connectivity index (χ0) is 23.1. The van der Waals surface area contributed by atoms with Crippen molar-refractivity contribution in [2.45, 2.75) is 60.3 Å². The highest BCUT2D eigenvalue weighted by Gasteiger charge is 2.17. The zero-order valence-electron chi connectivity index (χ0n) is 17.6. The summed E-state index contributed by atoms with van der Waals surface area (Å²) in [7, 11) is 0. The molecule has 4 unspecified atom stereocenters. The van der Waals surface area contributed by atoms with Gasteiger partial charge in [-0.3, -0.25) is 14.4 Å². The van der Waals surface area contributed by atoms with E-state index >= 15 is 0 Å². The number of alkyl halides is 1. The third-order valence-corrected chi connectivity index (χ3v) is 6.77. The lowest BCUT2D eigenvalue weighted by Crippen LogP contribution is -2.39. The standard InChI is InChI=1S/C21H33IN4O4S/c22-18(11-15-7-3-1-4-8-15)26-19(28)9-5-2-6-10-25-20(29)12-16(13-27)31-14-17(23)21(24)30/h1,3-4,7,13,15-18H,2,5-6,8-12,14,23H2,(H2,24,30)(H,25,29)(H,26,28). The van der Waals surface area contributed by atoms with Crippen LogP contribution in [0.5, 0.6) is 0 Å². The average Bonchev–Trinajstić information content (AvgIpc) is 2.73. The number of primary amides is 1. The summed E-state index contributed by atoms with van der Waals surface area (Å²) in [6, 6.07) is -0.837. The number of carbonyl (C=O) groups excluding carboxylic acids is 4. The first kappa shape index (κ1) is 27.6. The number of amides is 3. The van der Waals surface area contributed by atoms with Gasteiger partial charge < -0.3 is 26.9 Å². The Kier molecular flexibility index (Phi) is 14.5.